The Balaban J connectivity index is 1.71. The quantitative estimate of drug-likeness (QED) is 0.918. The van der Waals surface area contributed by atoms with Crippen LogP contribution < -0.4 is 5.73 Å². The van der Waals surface area contributed by atoms with Gasteiger partial charge < -0.3 is 10.6 Å². The normalized spacial score (nSPS) is 18.0. The monoisotopic (exact) mass is 328 g/mol. The van der Waals surface area contributed by atoms with Crippen LogP contribution in [0.2, 0.25) is 0 Å². The molecule has 4 rings (SSSR count). The van der Waals surface area contributed by atoms with Crippen LogP contribution in [0, 0.1) is 5.82 Å². The van der Waals surface area contributed by atoms with Crippen molar-refractivity contribution in [2.75, 3.05) is 13.1 Å². The third-order valence-electron chi connectivity index (χ3n) is 5.04. The van der Waals surface area contributed by atoms with Gasteiger partial charge >= 0.3 is 0 Å². The molecule has 1 aromatic heterocycles. The zero-order valence-electron chi connectivity index (χ0n) is 13.5. The van der Waals surface area contributed by atoms with Crippen molar-refractivity contribution in [3.8, 4) is 5.69 Å². The lowest BCUT2D eigenvalue weighted by Gasteiger charge is -2.29. The van der Waals surface area contributed by atoms with E-state index >= 15 is 0 Å². The summed E-state index contributed by atoms with van der Waals surface area (Å²) in [4.78, 5) is 14.7. The van der Waals surface area contributed by atoms with Gasteiger partial charge in [0.05, 0.1) is 0 Å². The molecule has 6 heteroatoms. The summed E-state index contributed by atoms with van der Waals surface area (Å²) in [5.41, 5.74) is 8.78. The Kier molecular flexibility index (Phi) is 3.84. The lowest BCUT2D eigenvalue weighted by Crippen LogP contribution is -2.43. The SMILES string of the molecule is NC1CCN(C(=O)c2nn(-c3ccccc3F)c3c2CCC3)CC1. The number of piperidine rings is 1. The molecule has 0 unspecified atom stereocenters. The number of likely N-dealkylation sites (tertiary alicyclic amines) is 1. The smallest absolute Gasteiger partial charge is 0.274 e. The van der Waals surface area contributed by atoms with Crippen LogP contribution in [0.15, 0.2) is 24.3 Å². The number of halogens is 1. The molecule has 2 aromatic rings. The van der Waals surface area contributed by atoms with Crippen molar-refractivity contribution in [1.82, 2.24) is 14.7 Å². The maximum Gasteiger partial charge on any atom is 0.274 e. The first-order valence-electron chi connectivity index (χ1n) is 8.55. The van der Waals surface area contributed by atoms with Gasteiger partial charge in [0.1, 0.15) is 11.5 Å². The maximum absolute atomic E-state index is 14.2. The maximum atomic E-state index is 14.2. The molecule has 2 heterocycles. The van der Waals surface area contributed by atoms with Gasteiger partial charge in [-0.25, -0.2) is 9.07 Å². The van der Waals surface area contributed by atoms with Gasteiger partial charge in [0.2, 0.25) is 0 Å². The molecule has 2 aliphatic rings. The minimum atomic E-state index is -0.322. The van der Waals surface area contributed by atoms with Crippen LogP contribution in [0.3, 0.4) is 0 Å². The number of amides is 1. The molecule has 0 spiro atoms. The summed E-state index contributed by atoms with van der Waals surface area (Å²) in [6.45, 7) is 1.34. The number of hydrogen-bond donors (Lipinski definition) is 1. The molecule has 0 bridgehead atoms. The average Bonchev–Trinajstić information content (AvgIpc) is 3.18. The second kappa shape index (κ2) is 6.02. The van der Waals surface area contributed by atoms with Crippen LogP contribution in [0.4, 0.5) is 4.39 Å². The average molecular weight is 328 g/mol. The van der Waals surface area contributed by atoms with Gasteiger partial charge in [0.25, 0.3) is 5.91 Å². The molecule has 0 atom stereocenters. The third kappa shape index (κ3) is 2.51. The Labute approximate surface area is 140 Å². The molecule has 2 N–H and O–H groups in total. The molecule has 0 radical (unpaired) electrons. The summed E-state index contributed by atoms with van der Waals surface area (Å²) >= 11 is 0. The van der Waals surface area contributed by atoms with E-state index in [1.54, 1.807) is 22.9 Å². The second-order valence-corrected chi connectivity index (χ2v) is 6.62. The number of aromatic nitrogens is 2. The number of rotatable bonds is 2. The van der Waals surface area contributed by atoms with Crippen LogP contribution in [0.25, 0.3) is 5.69 Å². The summed E-state index contributed by atoms with van der Waals surface area (Å²) in [5.74, 6) is -0.368. The van der Waals surface area contributed by atoms with Crippen molar-refractivity contribution in [3.63, 3.8) is 0 Å². The minimum absolute atomic E-state index is 0.0462. The largest absolute Gasteiger partial charge is 0.337 e. The lowest BCUT2D eigenvalue weighted by atomic mass is 10.1. The Morgan fingerprint density at radius 1 is 1.21 bits per heavy atom. The standard InChI is InChI=1S/C18H21FN4O/c19-14-5-1-2-6-16(14)23-15-7-3-4-13(15)17(21-23)18(24)22-10-8-12(20)9-11-22/h1-2,5-6,12H,3-4,7-11,20H2. The summed E-state index contributed by atoms with van der Waals surface area (Å²) in [5, 5.41) is 4.51. The fourth-order valence-electron chi connectivity index (χ4n) is 3.68. The number of nitrogens with two attached hydrogens (primary N) is 1. The topological polar surface area (TPSA) is 64.2 Å². The van der Waals surface area contributed by atoms with Gasteiger partial charge in [0, 0.05) is 30.4 Å². The van der Waals surface area contributed by atoms with E-state index < -0.39 is 0 Å². The Morgan fingerprint density at radius 3 is 2.71 bits per heavy atom. The number of carbonyl (C=O) groups excluding carboxylic acids is 1. The van der Waals surface area contributed by atoms with Crippen LogP contribution >= 0.6 is 0 Å². The van der Waals surface area contributed by atoms with Crippen LogP contribution in [0.1, 0.15) is 41.0 Å². The van der Waals surface area contributed by atoms with Gasteiger partial charge in [-0.15, -0.1) is 0 Å². The van der Waals surface area contributed by atoms with E-state index in [1.165, 1.54) is 6.07 Å². The van der Waals surface area contributed by atoms with Gasteiger partial charge in [-0.3, -0.25) is 4.79 Å². The summed E-state index contributed by atoms with van der Waals surface area (Å²) in [6.07, 6.45) is 4.28. The van der Waals surface area contributed by atoms with Crippen molar-refractivity contribution < 1.29 is 9.18 Å². The van der Waals surface area contributed by atoms with Crippen LogP contribution in [-0.2, 0) is 12.8 Å². The van der Waals surface area contributed by atoms with E-state index in [9.17, 15) is 9.18 Å². The number of nitrogens with zero attached hydrogens (tertiary/aromatic N) is 3. The number of fused-ring (bicyclic) bond motifs is 1. The van der Waals surface area contributed by atoms with E-state index in [2.05, 4.69) is 5.10 Å². The molecule has 5 nitrogen and oxygen atoms in total. The molecule has 1 fully saturated rings. The van der Waals surface area contributed by atoms with Gasteiger partial charge in [-0.1, -0.05) is 12.1 Å². The number of carbonyl (C=O) groups is 1. The predicted octanol–water partition coefficient (Wildman–Crippen LogP) is 2.06. The number of benzene rings is 1. The van der Waals surface area contributed by atoms with Crippen LogP contribution in [-0.4, -0.2) is 39.7 Å². The van der Waals surface area contributed by atoms with E-state index in [4.69, 9.17) is 5.73 Å². The van der Waals surface area contributed by atoms with E-state index in [-0.39, 0.29) is 17.8 Å². The molecule has 0 saturated carbocycles. The van der Waals surface area contributed by atoms with Crippen LogP contribution in [0.5, 0.6) is 0 Å². The molecule has 1 aliphatic heterocycles. The first-order chi connectivity index (χ1) is 11.6. The fraction of sp³-hybridized carbons (Fsp3) is 0.444. The zero-order chi connectivity index (χ0) is 16.7. The number of hydrogen-bond acceptors (Lipinski definition) is 3. The second-order valence-electron chi connectivity index (χ2n) is 6.62. The molecular formula is C18H21FN4O. The molecule has 126 valence electrons. The highest BCUT2D eigenvalue weighted by molar-refractivity contribution is 5.94. The predicted molar refractivity (Wildman–Crippen MR) is 88.7 cm³/mol. The summed E-state index contributed by atoms with van der Waals surface area (Å²) in [6, 6.07) is 6.75. The first kappa shape index (κ1) is 15.3. The van der Waals surface area contributed by atoms with Crippen molar-refractivity contribution in [1.29, 1.82) is 0 Å². The highest BCUT2D eigenvalue weighted by Crippen LogP contribution is 2.29. The molecule has 24 heavy (non-hydrogen) atoms. The Hall–Kier alpha value is -2.21. The Morgan fingerprint density at radius 2 is 1.96 bits per heavy atom. The zero-order valence-corrected chi connectivity index (χ0v) is 13.5. The molecule has 1 aliphatic carbocycles. The van der Waals surface area contributed by atoms with Gasteiger partial charge in [-0.05, 0) is 44.2 Å². The Bertz CT molecular complexity index is 777. The van der Waals surface area contributed by atoms with Crippen molar-refractivity contribution >= 4 is 5.91 Å². The van der Waals surface area contributed by atoms with Crippen molar-refractivity contribution in [2.24, 2.45) is 5.73 Å². The third-order valence-corrected chi connectivity index (χ3v) is 5.04. The molecule has 1 aromatic carbocycles. The number of para-hydroxylation sites is 1. The molecule has 1 saturated heterocycles. The first-order valence-corrected chi connectivity index (χ1v) is 8.55. The van der Waals surface area contributed by atoms with Gasteiger partial charge in [-0.2, -0.15) is 5.10 Å². The highest BCUT2D eigenvalue weighted by Gasteiger charge is 2.31. The van der Waals surface area contributed by atoms with E-state index in [0.29, 0.717) is 24.5 Å². The molecular weight excluding hydrogens is 307 g/mol. The van der Waals surface area contributed by atoms with Gasteiger partial charge in [0.15, 0.2) is 5.69 Å². The van der Waals surface area contributed by atoms with E-state index in [1.807, 2.05) is 4.90 Å². The van der Waals surface area contributed by atoms with Crippen molar-refractivity contribution in [3.05, 3.63) is 47.0 Å². The lowest BCUT2D eigenvalue weighted by molar-refractivity contribution is 0.0707. The van der Waals surface area contributed by atoms with E-state index in [0.717, 1.165) is 43.4 Å². The summed E-state index contributed by atoms with van der Waals surface area (Å²) < 4.78 is 15.8. The fourth-order valence-corrected chi connectivity index (χ4v) is 3.68. The van der Waals surface area contributed by atoms with Crippen molar-refractivity contribution in [2.45, 2.75) is 38.1 Å². The molecule has 1 amide bonds. The summed E-state index contributed by atoms with van der Waals surface area (Å²) in [7, 11) is 0. The highest BCUT2D eigenvalue weighted by atomic mass is 19.1. The minimum Gasteiger partial charge on any atom is -0.337 e.